The largest absolute Gasteiger partial charge is 0.338 e. The lowest BCUT2D eigenvalue weighted by Gasteiger charge is -2.26. The summed E-state index contributed by atoms with van der Waals surface area (Å²) in [5, 5.41) is 14.5. The number of hydrogen-bond donors (Lipinski definition) is 0. The van der Waals surface area contributed by atoms with Gasteiger partial charge in [-0.1, -0.05) is 5.16 Å². The Bertz CT molecular complexity index is 654. The van der Waals surface area contributed by atoms with Gasteiger partial charge >= 0.3 is 0 Å². The van der Waals surface area contributed by atoms with Crippen LogP contribution in [0, 0.1) is 17.0 Å². The van der Waals surface area contributed by atoms with Crippen molar-refractivity contribution in [2.24, 2.45) is 0 Å². The molecule has 8 heteroatoms. The van der Waals surface area contributed by atoms with Gasteiger partial charge in [-0.3, -0.25) is 20.0 Å². The molecule has 0 saturated carbocycles. The second kappa shape index (κ2) is 4.97. The summed E-state index contributed by atoms with van der Waals surface area (Å²) >= 11 is 0. The third-order valence-electron chi connectivity index (χ3n) is 3.24. The van der Waals surface area contributed by atoms with Gasteiger partial charge in [0.25, 0.3) is 5.69 Å². The van der Waals surface area contributed by atoms with Crippen LogP contribution in [-0.2, 0) is 19.5 Å². The third kappa shape index (κ3) is 2.50. The molecule has 0 spiro atoms. The fourth-order valence-electron chi connectivity index (χ4n) is 2.30. The number of pyridine rings is 1. The molecule has 2 aromatic rings. The van der Waals surface area contributed by atoms with Gasteiger partial charge in [-0.25, -0.2) is 0 Å². The minimum atomic E-state index is -0.423. The molecule has 0 bridgehead atoms. The smallest absolute Gasteiger partial charge is 0.287 e. The van der Waals surface area contributed by atoms with Crippen LogP contribution in [0.4, 0.5) is 5.69 Å². The van der Waals surface area contributed by atoms with Crippen LogP contribution >= 0.6 is 0 Å². The summed E-state index contributed by atoms with van der Waals surface area (Å²) in [6, 6.07) is 1.59. The SMILES string of the molecule is Cc1noc(CN2CCc3ncc([N+](=O)[O-])cc3C2)n1. The van der Waals surface area contributed by atoms with E-state index in [1.54, 1.807) is 13.0 Å². The van der Waals surface area contributed by atoms with E-state index in [-0.39, 0.29) is 5.69 Å². The monoisotopic (exact) mass is 275 g/mol. The average Bonchev–Trinajstić information content (AvgIpc) is 2.83. The maximum absolute atomic E-state index is 10.8. The topological polar surface area (TPSA) is 98.2 Å². The lowest BCUT2D eigenvalue weighted by atomic mass is 10.1. The zero-order chi connectivity index (χ0) is 14.1. The lowest BCUT2D eigenvalue weighted by Crippen LogP contribution is -2.30. The minimum absolute atomic E-state index is 0.0271. The van der Waals surface area contributed by atoms with Crippen LogP contribution in [-0.4, -0.2) is 31.5 Å². The van der Waals surface area contributed by atoms with E-state index in [1.165, 1.54) is 6.20 Å². The second-order valence-electron chi connectivity index (χ2n) is 4.75. The zero-order valence-electron chi connectivity index (χ0n) is 10.9. The molecule has 0 atom stereocenters. The van der Waals surface area contributed by atoms with E-state index < -0.39 is 4.92 Å². The molecule has 0 aliphatic carbocycles. The number of rotatable bonds is 3. The molecule has 0 saturated heterocycles. The number of aromatic nitrogens is 3. The highest BCUT2D eigenvalue weighted by atomic mass is 16.6. The fraction of sp³-hybridized carbons (Fsp3) is 0.417. The van der Waals surface area contributed by atoms with Gasteiger partial charge in [-0.15, -0.1) is 0 Å². The average molecular weight is 275 g/mol. The summed E-state index contributed by atoms with van der Waals surface area (Å²) < 4.78 is 5.09. The highest BCUT2D eigenvalue weighted by Crippen LogP contribution is 2.22. The minimum Gasteiger partial charge on any atom is -0.338 e. The number of nitrogens with zero attached hydrogens (tertiary/aromatic N) is 5. The van der Waals surface area contributed by atoms with E-state index in [9.17, 15) is 10.1 Å². The molecule has 0 radical (unpaired) electrons. The molecule has 20 heavy (non-hydrogen) atoms. The maximum Gasteiger partial charge on any atom is 0.287 e. The number of hydrogen-bond acceptors (Lipinski definition) is 7. The van der Waals surface area contributed by atoms with Crippen LogP contribution in [0.3, 0.4) is 0 Å². The van der Waals surface area contributed by atoms with Crippen LogP contribution in [0.25, 0.3) is 0 Å². The predicted octanol–water partition coefficient (Wildman–Crippen LogP) is 1.24. The van der Waals surface area contributed by atoms with Crippen molar-refractivity contribution in [1.29, 1.82) is 0 Å². The molecule has 104 valence electrons. The first kappa shape index (κ1) is 12.7. The van der Waals surface area contributed by atoms with Crippen molar-refractivity contribution < 1.29 is 9.45 Å². The van der Waals surface area contributed by atoms with E-state index >= 15 is 0 Å². The van der Waals surface area contributed by atoms with Gasteiger partial charge in [-0.05, 0) is 12.5 Å². The molecule has 0 unspecified atom stereocenters. The molecular formula is C12H13N5O3. The van der Waals surface area contributed by atoms with Crippen molar-refractivity contribution in [3.05, 3.63) is 45.4 Å². The van der Waals surface area contributed by atoms with Gasteiger partial charge in [0, 0.05) is 31.3 Å². The summed E-state index contributed by atoms with van der Waals surface area (Å²) in [7, 11) is 0. The molecule has 2 aromatic heterocycles. The van der Waals surface area contributed by atoms with E-state index in [2.05, 4.69) is 20.0 Å². The van der Waals surface area contributed by atoms with E-state index in [0.717, 1.165) is 24.2 Å². The molecule has 3 heterocycles. The summed E-state index contributed by atoms with van der Waals surface area (Å²) in [5.74, 6) is 1.17. The normalized spacial score (nSPS) is 15.1. The zero-order valence-corrected chi connectivity index (χ0v) is 10.9. The first-order valence-electron chi connectivity index (χ1n) is 6.25. The summed E-state index contributed by atoms with van der Waals surface area (Å²) in [6.45, 7) is 3.74. The molecule has 0 aromatic carbocycles. The first-order chi connectivity index (χ1) is 9.61. The molecule has 0 amide bonds. The fourth-order valence-corrected chi connectivity index (χ4v) is 2.30. The van der Waals surface area contributed by atoms with E-state index in [4.69, 9.17) is 4.52 Å². The number of aryl methyl sites for hydroxylation is 1. The van der Waals surface area contributed by atoms with Gasteiger partial charge in [0.15, 0.2) is 5.82 Å². The highest BCUT2D eigenvalue weighted by molar-refractivity contribution is 5.35. The van der Waals surface area contributed by atoms with Crippen molar-refractivity contribution in [2.45, 2.75) is 26.4 Å². The Labute approximate surface area is 114 Å². The Morgan fingerprint density at radius 3 is 3.10 bits per heavy atom. The van der Waals surface area contributed by atoms with Gasteiger partial charge in [0.05, 0.1) is 11.5 Å². The molecule has 3 rings (SSSR count). The Kier molecular flexibility index (Phi) is 3.15. The van der Waals surface area contributed by atoms with Gasteiger partial charge in [0.1, 0.15) is 6.20 Å². The Morgan fingerprint density at radius 1 is 1.55 bits per heavy atom. The molecular weight excluding hydrogens is 262 g/mol. The Hall–Kier alpha value is -2.35. The third-order valence-corrected chi connectivity index (χ3v) is 3.24. The van der Waals surface area contributed by atoms with Crippen molar-refractivity contribution in [2.75, 3.05) is 6.54 Å². The number of fused-ring (bicyclic) bond motifs is 1. The number of nitro groups is 1. The molecule has 1 aliphatic heterocycles. The van der Waals surface area contributed by atoms with Crippen molar-refractivity contribution in [3.8, 4) is 0 Å². The summed E-state index contributed by atoms with van der Waals surface area (Å²) in [4.78, 5) is 20.8. The molecule has 0 N–H and O–H groups in total. The first-order valence-corrected chi connectivity index (χ1v) is 6.25. The standard InChI is InChI=1S/C12H13N5O3/c1-8-14-12(20-15-8)7-16-3-2-11-9(6-16)4-10(5-13-11)17(18)19/h4-5H,2-3,6-7H2,1H3. The van der Waals surface area contributed by atoms with Crippen molar-refractivity contribution in [3.63, 3.8) is 0 Å². The predicted molar refractivity (Wildman–Crippen MR) is 67.7 cm³/mol. The van der Waals surface area contributed by atoms with Crippen LogP contribution in [0.1, 0.15) is 23.0 Å². The highest BCUT2D eigenvalue weighted by Gasteiger charge is 2.21. The molecule has 0 fully saturated rings. The van der Waals surface area contributed by atoms with Crippen LogP contribution < -0.4 is 0 Å². The maximum atomic E-state index is 10.8. The quantitative estimate of drug-likeness (QED) is 0.613. The Balaban J connectivity index is 1.76. The molecule has 1 aliphatic rings. The second-order valence-corrected chi connectivity index (χ2v) is 4.75. The summed E-state index contributed by atoms with van der Waals surface area (Å²) in [5.41, 5.74) is 1.84. The van der Waals surface area contributed by atoms with Gasteiger partial charge in [0.2, 0.25) is 5.89 Å². The summed E-state index contributed by atoms with van der Waals surface area (Å²) in [6.07, 6.45) is 2.08. The Morgan fingerprint density at radius 2 is 2.40 bits per heavy atom. The van der Waals surface area contributed by atoms with E-state index in [0.29, 0.717) is 24.8 Å². The van der Waals surface area contributed by atoms with Crippen molar-refractivity contribution in [1.82, 2.24) is 20.0 Å². The van der Waals surface area contributed by atoms with Crippen LogP contribution in [0.2, 0.25) is 0 Å². The van der Waals surface area contributed by atoms with Gasteiger partial charge < -0.3 is 4.52 Å². The van der Waals surface area contributed by atoms with E-state index in [1.807, 2.05) is 0 Å². The molecule has 8 nitrogen and oxygen atoms in total. The van der Waals surface area contributed by atoms with Crippen LogP contribution in [0.5, 0.6) is 0 Å². The lowest BCUT2D eigenvalue weighted by molar-refractivity contribution is -0.385. The van der Waals surface area contributed by atoms with Crippen LogP contribution in [0.15, 0.2) is 16.8 Å². The van der Waals surface area contributed by atoms with Gasteiger partial charge in [-0.2, -0.15) is 4.98 Å². The van der Waals surface area contributed by atoms with Crippen molar-refractivity contribution >= 4 is 5.69 Å².